The first-order valence-corrected chi connectivity index (χ1v) is 5.85. The Morgan fingerprint density at radius 1 is 1.24 bits per heavy atom. The molecule has 0 saturated carbocycles. The lowest BCUT2D eigenvalue weighted by Crippen LogP contribution is -2.23. The van der Waals surface area contributed by atoms with Crippen molar-refractivity contribution in [3.05, 3.63) is 35.1 Å². The Hall–Kier alpha value is -1.38. The number of amides is 1. The summed E-state index contributed by atoms with van der Waals surface area (Å²) in [6, 6.07) is 4.89. The summed E-state index contributed by atoms with van der Waals surface area (Å²) in [6.07, 6.45) is 0. The molecule has 0 bridgehead atoms. The third-order valence-electron chi connectivity index (χ3n) is 3.16. The van der Waals surface area contributed by atoms with Gasteiger partial charge in [0.05, 0.1) is 5.56 Å². The Morgan fingerprint density at radius 2 is 1.82 bits per heavy atom. The lowest BCUT2D eigenvalue weighted by molar-refractivity contribution is 0.0823. The van der Waals surface area contributed by atoms with Crippen molar-refractivity contribution in [1.29, 1.82) is 0 Å². The number of carbonyl (C=O) groups is 1. The quantitative estimate of drug-likeness (QED) is 0.790. The fourth-order valence-electron chi connectivity index (χ4n) is 1.61. The summed E-state index contributed by atoms with van der Waals surface area (Å²) in [5.74, 6) is -0.00208. The van der Waals surface area contributed by atoms with Gasteiger partial charge in [0.1, 0.15) is 5.82 Å². The molecule has 1 aromatic carbocycles. The van der Waals surface area contributed by atoms with Gasteiger partial charge in [-0.3, -0.25) is 4.79 Å². The number of benzene rings is 1. The largest absolute Gasteiger partial charge is 0.345 e. The van der Waals surface area contributed by atoms with Crippen LogP contribution in [-0.4, -0.2) is 24.9 Å². The first-order chi connectivity index (χ1) is 7.84. The SMILES string of the molecule is CC(C)C(C)c1ccc(C(=O)N(C)C)c(F)c1. The lowest BCUT2D eigenvalue weighted by Gasteiger charge is -2.17. The van der Waals surface area contributed by atoms with E-state index in [2.05, 4.69) is 20.8 Å². The smallest absolute Gasteiger partial charge is 0.256 e. The van der Waals surface area contributed by atoms with Gasteiger partial charge in [-0.1, -0.05) is 26.8 Å². The molecule has 2 nitrogen and oxygen atoms in total. The van der Waals surface area contributed by atoms with E-state index in [1.807, 2.05) is 6.07 Å². The van der Waals surface area contributed by atoms with Crippen LogP contribution in [0.25, 0.3) is 0 Å². The van der Waals surface area contributed by atoms with Gasteiger partial charge in [0.2, 0.25) is 0 Å². The van der Waals surface area contributed by atoms with E-state index >= 15 is 0 Å². The molecule has 94 valence electrons. The summed E-state index contributed by atoms with van der Waals surface area (Å²) >= 11 is 0. The van der Waals surface area contributed by atoms with Crippen molar-refractivity contribution in [1.82, 2.24) is 4.90 Å². The minimum Gasteiger partial charge on any atom is -0.345 e. The van der Waals surface area contributed by atoms with E-state index in [9.17, 15) is 9.18 Å². The van der Waals surface area contributed by atoms with Gasteiger partial charge in [-0.2, -0.15) is 0 Å². The molecule has 0 heterocycles. The summed E-state index contributed by atoms with van der Waals surface area (Å²) in [7, 11) is 3.23. The molecule has 1 amide bonds. The van der Waals surface area contributed by atoms with Crippen LogP contribution in [0, 0.1) is 11.7 Å². The normalized spacial score (nSPS) is 12.6. The van der Waals surface area contributed by atoms with Gasteiger partial charge in [-0.15, -0.1) is 0 Å². The summed E-state index contributed by atoms with van der Waals surface area (Å²) in [4.78, 5) is 13.0. The highest BCUT2D eigenvalue weighted by atomic mass is 19.1. The molecule has 0 radical (unpaired) electrons. The topological polar surface area (TPSA) is 20.3 Å². The van der Waals surface area contributed by atoms with Crippen LogP contribution in [0.5, 0.6) is 0 Å². The van der Waals surface area contributed by atoms with Crippen molar-refractivity contribution >= 4 is 5.91 Å². The molecule has 0 aliphatic heterocycles. The fraction of sp³-hybridized carbons (Fsp3) is 0.500. The maximum absolute atomic E-state index is 13.8. The molecular weight excluding hydrogens is 217 g/mol. The van der Waals surface area contributed by atoms with Crippen molar-refractivity contribution in [2.24, 2.45) is 5.92 Å². The minimum atomic E-state index is -0.436. The summed E-state index contributed by atoms with van der Waals surface area (Å²) < 4.78 is 13.8. The summed E-state index contributed by atoms with van der Waals surface area (Å²) in [5, 5.41) is 0. The molecule has 3 heteroatoms. The molecule has 0 spiro atoms. The second-order valence-electron chi connectivity index (χ2n) is 4.97. The number of rotatable bonds is 3. The van der Waals surface area contributed by atoms with E-state index in [0.29, 0.717) is 5.92 Å². The molecule has 0 aliphatic rings. The Kier molecular flexibility index (Phi) is 4.27. The molecule has 0 aromatic heterocycles. The van der Waals surface area contributed by atoms with Gasteiger partial charge in [0.15, 0.2) is 0 Å². The number of halogens is 1. The molecular formula is C14H20FNO. The van der Waals surface area contributed by atoms with Gasteiger partial charge in [-0.25, -0.2) is 4.39 Å². The third-order valence-corrected chi connectivity index (χ3v) is 3.16. The molecule has 1 rings (SSSR count). The Morgan fingerprint density at radius 3 is 2.24 bits per heavy atom. The molecule has 1 unspecified atom stereocenters. The molecule has 0 N–H and O–H groups in total. The Bertz CT molecular complexity index is 413. The van der Waals surface area contributed by atoms with Gasteiger partial charge in [0.25, 0.3) is 5.91 Å². The second kappa shape index (κ2) is 5.30. The number of hydrogen-bond donors (Lipinski definition) is 0. The second-order valence-corrected chi connectivity index (χ2v) is 4.97. The highest BCUT2D eigenvalue weighted by Crippen LogP contribution is 2.25. The highest BCUT2D eigenvalue weighted by molar-refractivity contribution is 5.94. The maximum Gasteiger partial charge on any atom is 0.256 e. The number of carbonyl (C=O) groups excluding carboxylic acids is 1. The Balaban J connectivity index is 3.06. The van der Waals surface area contributed by atoms with Crippen LogP contribution in [0.4, 0.5) is 4.39 Å². The van der Waals surface area contributed by atoms with E-state index in [-0.39, 0.29) is 17.4 Å². The predicted molar refractivity (Wildman–Crippen MR) is 67.7 cm³/mol. The van der Waals surface area contributed by atoms with E-state index in [0.717, 1.165) is 5.56 Å². The van der Waals surface area contributed by atoms with Crippen molar-refractivity contribution in [2.75, 3.05) is 14.1 Å². The summed E-state index contributed by atoms with van der Waals surface area (Å²) in [6.45, 7) is 6.26. The van der Waals surface area contributed by atoms with Gasteiger partial charge >= 0.3 is 0 Å². The zero-order chi connectivity index (χ0) is 13.2. The summed E-state index contributed by atoms with van der Waals surface area (Å²) in [5.41, 5.74) is 1.07. The van der Waals surface area contributed by atoms with Crippen molar-refractivity contribution in [3.63, 3.8) is 0 Å². The monoisotopic (exact) mass is 237 g/mol. The van der Waals surface area contributed by atoms with Crippen LogP contribution in [0.15, 0.2) is 18.2 Å². The third kappa shape index (κ3) is 3.05. The van der Waals surface area contributed by atoms with Gasteiger partial charge in [-0.05, 0) is 29.5 Å². The standard InChI is InChI=1S/C14H20FNO/c1-9(2)10(3)11-6-7-12(13(15)8-11)14(17)16(4)5/h6-10H,1-5H3. The average molecular weight is 237 g/mol. The molecule has 0 aliphatic carbocycles. The van der Waals surface area contributed by atoms with Crippen molar-refractivity contribution in [2.45, 2.75) is 26.7 Å². The molecule has 17 heavy (non-hydrogen) atoms. The molecule has 0 saturated heterocycles. The van der Waals surface area contributed by atoms with E-state index in [4.69, 9.17) is 0 Å². The maximum atomic E-state index is 13.8. The van der Waals surface area contributed by atoms with Crippen LogP contribution < -0.4 is 0 Å². The number of hydrogen-bond acceptors (Lipinski definition) is 1. The minimum absolute atomic E-state index is 0.134. The van der Waals surface area contributed by atoms with E-state index in [1.54, 1.807) is 20.2 Å². The average Bonchev–Trinajstić information content (AvgIpc) is 2.26. The molecule has 0 fully saturated rings. The molecule has 1 aromatic rings. The zero-order valence-electron chi connectivity index (χ0n) is 11.1. The molecule has 1 atom stereocenters. The highest BCUT2D eigenvalue weighted by Gasteiger charge is 2.16. The zero-order valence-corrected chi connectivity index (χ0v) is 11.1. The lowest BCUT2D eigenvalue weighted by atomic mass is 9.89. The predicted octanol–water partition coefficient (Wildman–Crippen LogP) is 3.29. The van der Waals surface area contributed by atoms with Crippen LogP contribution in [0.2, 0.25) is 0 Å². The van der Waals surface area contributed by atoms with E-state index < -0.39 is 5.82 Å². The first-order valence-electron chi connectivity index (χ1n) is 5.85. The fourth-order valence-corrected chi connectivity index (χ4v) is 1.61. The van der Waals surface area contributed by atoms with Crippen molar-refractivity contribution in [3.8, 4) is 0 Å². The van der Waals surface area contributed by atoms with Gasteiger partial charge in [0, 0.05) is 14.1 Å². The van der Waals surface area contributed by atoms with Crippen LogP contribution >= 0.6 is 0 Å². The first kappa shape index (κ1) is 13.7. The van der Waals surface area contributed by atoms with Gasteiger partial charge < -0.3 is 4.90 Å². The van der Waals surface area contributed by atoms with Crippen LogP contribution in [-0.2, 0) is 0 Å². The van der Waals surface area contributed by atoms with Crippen LogP contribution in [0.1, 0.15) is 42.6 Å². The van der Waals surface area contributed by atoms with Crippen LogP contribution in [0.3, 0.4) is 0 Å². The Labute approximate surface area is 102 Å². The van der Waals surface area contributed by atoms with E-state index in [1.165, 1.54) is 11.0 Å². The number of nitrogens with zero attached hydrogens (tertiary/aromatic N) is 1. The van der Waals surface area contributed by atoms with Crippen molar-refractivity contribution < 1.29 is 9.18 Å².